The van der Waals surface area contributed by atoms with E-state index in [4.69, 9.17) is 14.5 Å². The van der Waals surface area contributed by atoms with Crippen LogP contribution in [-0.4, -0.2) is 67.1 Å². The van der Waals surface area contributed by atoms with Gasteiger partial charge in [-0.1, -0.05) is 0 Å². The number of nitrogens with one attached hydrogen (secondary N) is 2. The van der Waals surface area contributed by atoms with E-state index in [1.54, 1.807) is 44.5 Å². The van der Waals surface area contributed by atoms with Gasteiger partial charge < -0.3 is 25.0 Å². The molecule has 10 nitrogen and oxygen atoms in total. The summed E-state index contributed by atoms with van der Waals surface area (Å²) in [5.74, 6) is 1.31. The van der Waals surface area contributed by atoms with E-state index in [2.05, 4.69) is 25.6 Å². The monoisotopic (exact) mass is 475 g/mol. The molecule has 0 saturated heterocycles. The molecule has 4 rings (SSSR count). The van der Waals surface area contributed by atoms with Crippen molar-refractivity contribution < 1.29 is 14.3 Å². The third-order valence-corrected chi connectivity index (χ3v) is 5.58. The van der Waals surface area contributed by atoms with Crippen molar-refractivity contribution in [3.63, 3.8) is 0 Å². The maximum Gasteiger partial charge on any atom is 0.241 e. The number of fused-ring (bicyclic) bond motifs is 1. The van der Waals surface area contributed by atoms with E-state index in [0.29, 0.717) is 17.2 Å². The van der Waals surface area contributed by atoms with Crippen LogP contribution in [0.5, 0.6) is 11.5 Å². The number of ether oxygens (including phenoxy) is 2. The van der Waals surface area contributed by atoms with Crippen LogP contribution in [0.25, 0.3) is 22.3 Å². The van der Waals surface area contributed by atoms with Crippen LogP contribution in [0.4, 0.5) is 11.4 Å². The van der Waals surface area contributed by atoms with E-state index in [-0.39, 0.29) is 12.5 Å². The van der Waals surface area contributed by atoms with Crippen LogP contribution in [-0.2, 0) is 11.3 Å². The van der Waals surface area contributed by atoms with E-state index in [1.807, 2.05) is 43.4 Å². The second-order valence-electron chi connectivity index (χ2n) is 7.85. The Kier molecular flexibility index (Phi) is 7.41. The Hall–Kier alpha value is -4.18. The molecule has 35 heavy (non-hydrogen) atoms. The lowest BCUT2D eigenvalue weighted by molar-refractivity contribution is -0.121. The van der Waals surface area contributed by atoms with Crippen molar-refractivity contribution in [3.8, 4) is 22.8 Å². The molecule has 2 aromatic heterocycles. The lowest BCUT2D eigenvalue weighted by Crippen LogP contribution is -2.26. The van der Waals surface area contributed by atoms with Crippen molar-refractivity contribution in [1.29, 1.82) is 0 Å². The summed E-state index contributed by atoms with van der Waals surface area (Å²) < 4.78 is 12.5. The lowest BCUT2D eigenvalue weighted by atomic mass is 10.2. The molecule has 0 atom stereocenters. The molecule has 0 fully saturated rings. The number of hydrogen-bond donors (Lipinski definition) is 2. The Morgan fingerprint density at radius 3 is 2.46 bits per heavy atom. The average molecular weight is 476 g/mol. The molecular formula is C25H29N7O3. The fourth-order valence-electron chi connectivity index (χ4n) is 3.69. The van der Waals surface area contributed by atoms with Gasteiger partial charge in [-0.2, -0.15) is 5.10 Å². The Morgan fingerprint density at radius 1 is 1.00 bits per heavy atom. The molecule has 0 aliphatic carbocycles. The van der Waals surface area contributed by atoms with E-state index < -0.39 is 0 Å². The highest BCUT2D eigenvalue weighted by atomic mass is 16.5. The molecule has 2 aromatic carbocycles. The highest BCUT2D eigenvalue weighted by Gasteiger charge is 2.14. The number of carbonyl (C=O) groups is 1. The van der Waals surface area contributed by atoms with E-state index in [0.717, 1.165) is 41.1 Å². The topological polar surface area (TPSA) is 106 Å². The fraction of sp³-hybridized carbons (Fsp3) is 0.280. The second kappa shape index (κ2) is 10.8. The first-order chi connectivity index (χ1) is 17.0. The first-order valence-corrected chi connectivity index (χ1v) is 11.2. The standard InChI is InChI=1S/C25H29N7O3/c1-26-7-8-32(19-9-20(34-3)12-21(10-19)35-4)18-5-6-22-23(11-18)30-24(14-28-22)17-13-29-31(15-17)16-25(33)27-2/h5-6,9-15,26H,7-8,16H2,1-4H3,(H,27,33). The molecule has 0 bridgehead atoms. The third-order valence-electron chi connectivity index (χ3n) is 5.58. The minimum atomic E-state index is -0.121. The number of hydrogen-bond acceptors (Lipinski definition) is 8. The number of carbonyl (C=O) groups excluding carboxylic acids is 1. The number of aromatic nitrogens is 4. The summed E-state index contributed by atoms with van der Waals surface area (Å²) in [4.78, 5) is 23.2. The largest absolute Gasteiger partial charge is 0.497 e. The Morgan fingerprint density at radius 2 is 1.77 bits per heavy atom. The summed E-state index contributed by atoms with van der Waals surface area (Å²) >= 11 is 0. The van der Waals surface area contributed by atoms with Gasteiger partial charge in [-0.3, -0.25) is 14.5 Å². The van der Waals surface area contributed by atoms with Gasteiger partial charge >= 0.3 is 0 Å². The Labute approximate surface area is 203 Å². The summed E-state index contributed by atoms with van der Waals surface area (Å²) in [5.41, 5.74) is 4.91. The highest BCUT2D eigenvalue weighted by molar-refractivity contribution is 5.83. The van der Waals surface area contributed by atoms with Crippen LogP contribution in [0.15, 0.2) is 55.0 Å². The summed E-state index contributed by atoms with van der Waals surface area (Å²) in [5, 5.41) is 10.1. The summed E-state index contributed by atoms with van der Waals surface area (Å²) in [6.07, 6.45) is 5.19. The third kappa shape index (κ3) is 5.49. The van der Waals surface area contributed by atoms with Gasteiger partial charge in [0, 0.05) is 61.5 Å². The van der Waals surface area contributed by atoms with Gasteiger partial charge in [0.2, 0.25) is 5.91 Å². The summed E-state index contributed by atoms with van der Waals surface area (Å²) in [7, 11) is 6.80. The van der Waals surface area contributed by atoms with Crippen LogP contribution < -0.4 is 25.0 Å². The summed E-state index contributed by atoms with van der Waals surface area (Å²) in [6.45, 7) is 1.64. The smallest absolute Gasteiger partial charge is 0.241 e. The van der Waals surface area contributed by atoms with E-state index in [1.165, 1.54) is 0 Å². The first-order valence-electron chi connectivity index (χ1n) is 11.2. The number of rotatable bonds is 10. The van der Waals surface area contributed by atoms with Crippen LogP contribution in [0.2, 0.25) is 0 Å². The number of methoxy groups -OCH3 is 2. The predicted octanol–water partition coefficient (Wildman–Crippen LogP) is 2.61. The number of amides is 1. The Balaban J connectivity index is 1.71. The fourth-order valence-corrected chi connectivity index (χ4v) is 3.69. The Bertz CT molecular complexity index is 1300. The molecule has 0 aliphatic rings. The van der Waals surface area contributed by atoms with E-state index >= 15 is 0 Å². The molecule has 2 N–H and O–H groups in total. The zero-order valence-electron chi connectivity index (χ0n) is 20.3. The van der Waals surface area contributed by atoms with Gasteiger partial charge in [-0.25, -0.2) is 4.98 Å². The number of nitrogens with zero attached hydrogens (tertiary/aromatic N) is 5. The highest BCUT2D eigenvalue weighted by Crippen LogP contribution is 2.34. The van der Waals surface area contributed by atoms with Crippen molar-refractivity contribution >= 4 is 28.3 Å². The number of likely N-dealkylation sites (N-methyl/N-ethyl adjacent to an activating group) is 2. The molecular weight excluding hydrogens is 446 g/mol. The second-order valence-corrected chi connectivity index (χ2v) is 7.85. The molecule has 1 amide bonds. The lowest BCUT2D eigenvalue weighted by Gasteiger charge is -2.26. The molecule has 10 heteroatoms. The zero-order chi connectivity index (χ0) is 24.8. The van der Waals surface area contributed by atoms with Crippen molar-refractivity contribution in [3.05, 3.63) is 55.0 Å². The average Bonchev–Trinajstić information content (AvgIpc) is 3.36. The predicted molar refractivity (Wildman–Crippen MR) is 135 cm³/mol. The van der Waals surface area contributed by atoms with Crippen LogP contribution in [0.3, 0.4) is 0 Å². The van der Waals surface area contributed by atoms with Gasteiger partial charge in [0.15, 0.2) is 0 Å². The van der Waals surface area contributed by atoms with Gasteiger partial charge in [-0.15, -0.1) is 0 Å². The minimum absolute atomic E-state index is 0.121. The minimum Gasteiger partial charge on any atom is -0.497 e. The summed E-state index contributed by atoms with van der Waals surface area (Å²) in [6, 6.07) is 11.8. The molecule has 0 spiro atoms. The normalized spacial score (nSPS) is 10.9. The van der Waals surface area contributed by atoms with Gasteiger partial charge in [-0.05, 0) is 25.2 Å². The van der Waals surface area contributed by atoms with Crippen LogP contribution in [0.1, 0.15) is 0 Å². The maximum absolute atomic E-state index is 11.7. The van der Waals surface area contributed by atoms with Crippen LogP contribution >= 0.6 is 0 Å². The molecule has 0 saturated carbocycles. The SMILES string of the molecule is CNCCN(c1cc(OC)cc(OC)c1)c1ccc2ncc(-c3cnn(CC(=O)NC)c3)nc2c1. The molecule has 0 radical (unpaired) electrons. The van der Waals surface area contributed by atoms with Crippen molar-refractivity contribution in [1.82, 2.24) is 30.4 Å². The number of anilines is 2. The quantitative estimate of drug-likeness (QED) is 0.361. The van der Waals surface area contributed by atoms with Gasteiger partial charge in [0.1, 0.15) is 18.0 Å². The molecule has 0 unspecified atom stereocenters. The van der Waals surface area contributed by atoms with Crippen molar-refractivity contribution in [2.24, 2.45) is 0 Å². The molecule has 0 aliphatic heterocycles. The molecule has 4 aromatic rings. The number of benzene rings is 2. The zero-order valence-corrected chi connectivity index (χ0v) is 20.3. The maximum atomic E-state index is 11.7. The van der Waals surface area contributed by atoms with Crippen LogP contribution in [0, 0.1) is 0 Å². The van der Waals surface area contributed by atoms with Gasteiger partial charge in [0.25, 0.3) is 0 Å². The van der Waals surface area contributed by atoms with Gasteiger partial charge in [0.05, 0.1) is 43.3 Å². The first kappa shape index (κ1) is 24.0. The molecule has 2 heterocycles. The molecule has 182 valence electrons. The van der Waals surface area contributed by atoms with E-state index in [9.17, 15) is 4.79 Å². The van der Waals surface area contributed by atoms with Crippen molar-refractivity contribution in [2.75, 3.05) is 46.3 Å². The van der Waals surface area contributed by atoms with Crippen molar-refractivity contribution in [2.45, 2.75) is 6.54 Å².